The van der Waals surface area contributed by atoms with Gasteiger partial charge in [0.05, 0.1) is 0 Å². The third-order valence-electron chi connectivity index (χ3n) is 2.46. The smallest absolute Gasteiger partial charge is 0.229 e. The second-order valence-corrected chi connectivity index (χ2v) is 3.64. The highest BCUT2D eigenvalue weighted by atomic mass is 16.2. The summed E-state index contributed by atoms with van der Waals surface area (Å²) in [5.41, 5.74) is 0. The Labute approximate surface area is 72.7 Å². The van der Waals surface area contributed by atoms with Crippen LogP contribution in [0.4, 0.5) is 0 Å². The molecule has 1 aliphatic rings. The van der Waals surface area contributed by atoms with Crippen LogP contribution in [0.15, 0.2) is 0 Å². The maximum atomic E-state index is 11.2. The average molecular weight is 169 g/mol. The minimum absolute atomic E-state index is 0.0128. The van der Waals surface area contributed by atoms with Crippen LogP contribution in [0.25, 0.3) is 0 Å². The van der Waals surface area contributed by atoms with Crippen molar-refractivity contribution in [1.82, 2.24) is 4.90 Å². The molecule has 0 saturated carbocycles. The van der Waals surface area contributed by atoms with E-state index in [0.717, 1.165) is 0 Å². The highest BCUT2D eigenvalue weighted by Crippen LogP contribution is 2.19. The first-order valence-corrected chi connectivity index (χ1v) is 4.39. The number of carbonyl (C=O) groups is 2. The number of likely N-dealkylation sites (tertiary alicyclic amines) is 1. The first kappa shape index (κ1) is 9.23. The summed E-state index contributed by atoms with van der Waals surface area (Å²) in [5, 5.41) is 0. The summed E-state index contributed by atoms with van der Waals surface area (Å²) in [4.78, 5) is 23.9. The molecule has 1 fully saturated rings. The van der Waals surface area contributed by atoms with E-state index in [2.05, 4.69) is 0 Å². The SMILES string of the molecule is CC(C)[C@H](C)N1C(=O)CCC1=O. The monoisotopic (exact) mass is 169 g/mol. The van der Waals surface area contributed by atoms with Gasteiger partial charge in [0.25, 0.3) is 0 Å². The van der Waals surface area contributed by atoms with Crippen LogP contribution in [0, 0.1) is 5.92 Å². The Morgan fingerprint density at radius 2 is 1.50 bits per heavy atom. The van der Waals surface area contributed by atoms with Gasteiger partial charge in [-0.1, -0.05) is 13.8 Å². The van der Waals surface area contributed by atoms with Gasteiger partial charge in [-0.3, -0.25) is 14.5 Å². The van der Waals surface area contributed by atoms with E-state index in [4.69, 9.17) is 0 Å². The van der Waals surface area contributed by atoms with Crippen molar-refractivity contribution in [2.75, 3.05) is 0 Å². The molecule has 2 amide bonds. The lowest BCUT2D eigenvalue weighted by Crippen LogP contribution is -2.40. The lowest BCUT2D eigenvalue weighted by atomic mass is 10.1. The summed E-state index contributed by atoms with van der Waals surface area (Å²) in [6, 6.07) is 0.0486. The fourth-order valence-corrected chi connectivity index (χ4v) is 1.35. The lowest BCUT2D eigenvalue weighted by molar-refractivity contribution is -0.141. The molecule has 0 bridgehead atoms. The van der Waals surface area contributed by atoms with Gasteiger partial charge in [-0.05, 0) is 12.8 Å². The maximum Gasteiger partial charge on any atom is 0.229 e. The molecule has 0 aliphatic carbocycles. The minimum Gasteiger partial charge on any atom is -0.280 e. The van der Waals surface area contributed by atoms with Crippen LogP contribution in [0.5, 0.6) is 0 Å². The summed E-state index contributed by atoms with van der Waals surface area (Å²) in [6.45, 7) is 5.96. The van der Waals surface area contributed by atoms with Gasteiger partial charge in [-0.2, -0.15) is 0 Å². The molecule has 1 aliphatic heterocycles. The van der Waals surface area contributed by atoms with Crippen molar-refractivity contribution in [3.8, 4) is 0 Å². The first-order valence-electron chi connectivity index (χ1n) is 4.39. The topological polar surface area (TPSA) is 37.4 Å². The number of nitrogens with zero attached hydrogens (tertiary/aromatic N) is 1. The van der Waals surface area contributed by atoms with Crippen molar-refractivity contribution in [2.24, 2.45) is 5.92 Å². The van der Waals surface area contributed by atoms with Crippen LogP contribution in [0.3, 0.4) is 0 Å². The Morgan fingerprint density at radius 3 is 1.83 bits per heavy atom. The highest BCUT2D eigenvalue weighted by molar-refractivity contribution is 6.02. The van der Waals surface area contributed by atoms with E-state index in [9.17, 15) is 9.59 Å². The number of rotatable bonds is 2. The predicted molar refractivity (Wildman–Crippen MR) is 45.4 cm³/mol. The molecular formula is C9H15NO2. The van der Waals surface area contributed by atoms with Crippen LogP contribution >= 0.6 is 0 Å². The molecule has 0 N–H and O–H groups in total. The average Bonchev–Trinajstić information content (AvgIpc) is 2.30. The lowest BCUT2D eigenvalue weighted by Gasteiger charge is -2.25. The zero-order valence-electron chi connectivity index (χ0n) is 7.83. The fourth-order valence-electron chi connectivity index (χ4n) is 1.35. The predicted octanol–water partition coefficient (Wildman–Crippen LogP) is 1.18. The summed E-state index contributed by atoms with van der Waals surface area (Å²) in [7, 11) is 0. The Morgan fingerprint density at radius 1 is 1.08 bits per heavy atom. The second kappa shape index (κ2) is 3.25. The molecular weight excluding hydrogens is 154 g/mol. The van der Waals surface area contributed by atoms with Crippen LogP contribution in [-0.2, 0) is 9.59 Å². The van der Waals surface area contributed by atoms with Crippen LogP contribution in [0.2, 0.25) is 0 Å². The largest absolute Gasteiger partial charge is 0.280 e. The molecule has 1 heterocycles. The van der Waals surface area contributed by atoms with Gasteiger partial charge in [0.2, 0.25) is 11.8 Å². The summed E-state index contributed by atoms with van der Waals surface area (Å²) in [5.74, 6) is 0.318. The maximum absolute atomic E-state index is 11.2. The van der Waals surface area contributed by atoms with E-state index in [1.165, 1.54) is 4.90 Å². The van der Waals surface area contributed by atoms with Gasteiger partial charge in [-0.15, -0.1) is 0 Å². The Kier molecular flexibility index (Phi) is 2.50. The zero-order valence-corrected chi connectivity index (χ0v) is 7.83. The molecule has 3 heteroatoms. The van der Waals surface area contributed by atoms with Crippen LogP contribution < -0.4 is 0 Å². The van der Waals surface area contributed by atoms with E-state index in [-0.39, 0.29) is 17.9 Å². The molecule has 0 aromatic carbocycles. The van der Waals surface area contributed by atoms with Crippen molar-refractivity contribution >= 4 is 11.8 Å². The summed E-state index contributed by atoms with van der Waals surface area (Å²) in [6.07, 6.45) is 0.797. The van der Waals surface area contributed by atoms with Gasteiger partial charge < -0.3 is 0 Å². The van der Waals surface area contributed by atoms with Crippen molar-refractivity contribution < 1.29 is 9.59 Å². The number of carbonyl (C=O) groups excluding carboxylic acids is 2. The molecule has 1 saturated heterocycles. The number of hydrogen-bond donors (Lipinski definition) is 0. The molecule has 0 aromatic rings. The summed E-state index contributed by atoms with van der Waals surface area (Å²) >= 11 is 0. The molecule has 0 spiro atoms. The van der Waals surface area contributed by atoms with Gasteiger partial charge >= 0.3 is 0 Å². The first-order chi connectivity index (χ1) is 5.54. The summed E-state index contributed by atoms with van der Waals surface area (Å²) < 4.78 is 0. The van der Waals surface area contributed by atoms with Crippen molar-refractivity contribution in [3.05, 3.63) is 0 Å². The highest BCUT2D eigenvalue weighted by Gasteiger charge is 2.33. The third kappa shape index (κ3) is 1.49. The van der Waals surface area contributed by atoms with Gasteiger partial charge in [0, 0.05) is 18.9 Å². The molecule has 0 aromatic heterocycles. The Hall–Kier alpha value is -0.860. The zero-order chi connectivity index (χ0) is 9.30. The molecule has 0 unspecified atom stereocenters. The van der Waals surface area contributed by atoms with Gasteiger partial charge in [-0.25, -0.2) is 0 Å². The van der Waals surface area contributed by atoms with Crippen molar-refractivity contribution in [1.29, 1.82) is 0 Å². The fraction of sp³-hybridized carbons (Fsp3) is 0.778. The van der Waals surface area contributed by atoms with E-state index in [1.807, 2.05) is 20.8 Å². The van der Waals surface area contributed by atoms with Crippen LogP contribution in [0.1, 0.15) is 33.6 Å². The van der Waals surface area contributed by atoms with Gasteiger partial charge in [0.15, 0.2) is 0 Å². The van der Waals surface area contributed by atoms with Crippen LogP contribution in [-0.4, -0.2) is 22.8 Å². The molecule has 12 heavy (non-hydrogen) atoms. The number of hydrogen-bond acceptors (Lipinski definition) is 2. The quantitative estimate of drug-likeness (QED) is 0.582. The second-order valence-electron chi connectivity index (χ2n) is 3.64. The van der Waals surface area contributed by atoms with E-state index >= 15 is 0 Å². The molecule has 3 nitrogen and oxygen atoms in total. The number of amides is 2. The van der Waals surface area contributed by atoms with Gasteiger partial charge in [0.1, 0.15) is 0 Å². The third-order valence-corrected chi connectivity index (χ3v) is 2.46. The Bertz CT molecular complexity index is 195. The van der Waals surface area contributed by atoms with E-state index in [0.29, 0.717) is 18.8 Å². The Balaban J connectivity index is 2.72. The van der Waals surface area contributed by atoms with E-state index in [1.54, 1.807) is 0 Å². The minimum atomic E-state index is -0.0128. The van der Waals surface area contributed by atoms with Crippen molar-refractivity contribution in [3.63, 3.8) is 0 Å². The molecule has 68 valence electrons. The molecule has 0 radical (unpaired) electrons. The van der Waals surface area contributed by atoms with Crippen molar-refractivity contribution in [2.45, 2.75) is 39.7 Å². The van der Waals surface area contributed by atoms with E-state index < -0.39 is 0 Å². The molecule has 1 atom stereocenters. The normalized spacial score (nSPS) is 20.8. The molecule has 1 rings (SSSR count). The standard InChI is InChI=1S/C9H15NO2/c1-6(2)7(3)10-8(11)4-5-9(10)12/h6-7H,4-5H2,1-3H3/t7-/m0/s1. The number of imide groups is 1.